The number of rotatable bonds is 3. The molecule has 3 amide bonds. The first-order valence-corrected chi connectivity index (χ1v) is 8.05. The number of hydrogen-bond donors (Lipinski definition) is 1. The lowest BCUT2D eigenvalue weighted by Gasteiger charge is -2.36. The van der Waals surface area contributed by atoms with Gasteiger partial charge in [0, 0.05) is 0 Å². The van der Waals surface area contributed by atoms with Crippen molar-refractivity contribution in [3.8, 4) is 0 Å². The fraction of sp³-hybridized carbons (Fsp3) is 0.389. The lowest BCUT2D eigenvalue weighted by molar-refractivity contribution is -0.216. The van der Waals surface area contributed by atoms with Crippen molar-refractivity contribution in [2.75, 3.05) is 0 Å². The smallest absolute Gasteiger partial charge is 0.431 e. The number of hydrogen-bond acceptors (Lipinski definition) is 4. The van der Waals surface area contributed by atoms with Crippen LogP contribution >= 0.6 is 0 Å². The number of carbonyl (C=O) groups is 3. The first-order chi connectivity index (χ1) is 11.7. The summed E-state index contributed by atoms with van der Waals surface area (Å²) < 4.78 is 0. The Morgan fingerprint density at radius 2 is 1.76 bits per heavy atom. The largest absolute Gasteiger partial charge is 0.463 e. The molecule has 1 aliphatic carbocycles. The van der Waals surface area contributed by atoms with Gasteiger partial charge < -0.3 is 5.11 Å². The summed E-state index contributed by atoms with van der Waals surface area (Å²) in [5, 5.41) is 10.3. The van der Waals surface area contributed by atoms with Gasteiger partial charge in [-0.3, -0.25) is 19.3 Å². The molecule has 0 fully saturated rings. The first-order valence-electron chi connectivity index (χ1n) is 8.05. The molecule has 132 valence electrons. The SMILES string of the molecule is CC(C)(C)N(O[C@H]1CC=C[C@H]1N1C(=O)c2ccccc2C1=O)C(=O)O. The van der Waals surface area contributed by atoms with Crippen LogP contribution < -0.4 is 0 Å². The van der Waals surface area contributed by atoms with E-state index in [2.05, 4.69) is 0 Å². The van der Waals surface area contributed by atoms with Gasteiger partial charge in [0.2, 0.25) is 0 Å². The number of imide groups is 1. The molecule has 0 saturated carbocycles. The lowest BCUT2D eigenvalue weighted by Crippen LogP contribution is -2.52. The summed E-state index contributed by atoms with van der Waals surface area (Å²) in [6.45, 7) is 5.13. The zero-order valence-electron chi connectivity index (χ0n) is 14.3. The van der Waals surface area contributed by atoms with Crippen LogP contribution in [-0.4, -0.2) is 50.7 Å². The number of carbonyl (C=O) groups excluding carboxylic acids is 2. The van der Waals surface area contributed by atoms with E-state index in [0.717, 1.165) is 9.96 Å². The van der Waals surface area contributed by atoms with Crippen molar-refractivity contribution in [1.29, 1.82) is 0 Å². The van der Waals surface area contributed by atoms with E-state index in [1.807, 2.05) is 0 Å². The molecule has 0 unspecified atom stereocenters. The lowest BCUT2D eigenvalue weighted by atomic mass is 10.1. The van der Waals surface area contributed by atoms with Crippen LogP contribution in [0.1, 0.15) is 47.9 Å². The Morgan fingerprint density at radius 1 is 1.20 bits per heavy atom. The fourth-order valence-electron chi connectivity index (χ4n) is 3.08. The van der Waals surface area contributed by atoms with Gasteiger partial charge in [0.05, 0.1) is 22.7 Å². The maximum absolute atomic E-state index is 12.6. The van der Waals surface area contributed by atoms with Crippen LogP contribution in [0.2, 0.25) is 0 Å². The van der Waals surface area contributed by atoms with E-state index in [9.17, 15) is 19.5 Å². The second-order valence-corrected chi connectivity index (χ2v) is 7.07. The summed E-state index contributed by atoms with van der Waals surface area (Å²) in [4.78, 5) is 43.6. The minimum Gasteiger partial charge on any atom is -0.463 e. The maximum Gasteiger partial charge on any atom is 0.431 e. The number of benzene rings is 1. The predicted molar refractivity (Wildman–Crippen MR) is 89.0 cm³/mol. The first kappa shape index (κ1) is 17.2. The minimum atomic E-state index is -1.22. The van der Waals surface area contributed by atoms with E-state index in [1.54, 1.807) is 57.2 Å². The van der Waals surface area contributed by atoms with Crippen LogP contribution in [0.5, 0.6) is 0 Å². The molecule has 3 rings (SSSR count). The summed E-state index contributed by atoms with van der Waals surface area (Å²) >= 11 is 0. The zero-order valence-corrected chi connectivity index (χ0v) is 14.3. The van der Waals surface area contributed by atoms with Gasteiger partial charge in [-0.1, -0.05) is 24.3 Å². The van der Waals surface area contributed by atoms with Crippen molar-refractivity contribution in [2.45, 2.75) is 44.9 Å². The monoisotopic (exact) mass is 344 g/mol. The van der Waals surface area contributed by atoms with Crippen molar-refractivity contribution in [3.63, 3.8) is 0 Å². The molecule has 1 aliphatic heterocycles. The average Bonchev–Trinajstić information content (AvgIpc) is 3.07. The van der Waals surface area contributed by atoms with E-state index >= 15 is 0 Å². The highest BCUT2D eigenvalue weighted by atomic mass is 16.7. The van der Waals surface area contributed by atoms with E-state index in [1.165, 1.54) is 0 Å². The molecule has 0 radical (unpaired) electrons. The molecule has 0 spiro atoms. The molecule has 0 saturated heterocycles. The zero-order chi connectivity index (χ0) is 18.4. The molecular formula is C18H20N2O5. The third kappa shape index (κ3) is 2.91. The topological polar surface area (TPSA) is 87.2 Å². The third-order valence-electron chi connectivity index (χ3n) is 4.23. The van der Waals surface area contributed by atoms with Gasteiger partial charge in [-0.25, -0.2) is 4.79 Å². The number of fused-ring (bicyclic) bond motifs is 1. The predicted octanol–water partition coefficient (Wildman–Crippen LogP) is 2.69. The fourth-order valence-corrected chi connectivity index (χ4v) is 3.08. The molecule has 0 aromatic heterocycles. The molecule has 1 N–H and O–H groups in total. The maximum atomic E-state index is 12.6. The molecule has 2 aliphatic rings. The van der Waals surface area contributed by atoms with Crippen LogP contribution in [-0.2, 0) is 4.84 Å². The Kier molecular flexibility index (Phi) is 4.12. The van der Waals surface area contributed by atoms with Gasteiger partial charge in [-0.05, 0) is 39.3 Å². The van der Waals surface area contributed by atoms with Crippen LogP contribution in [0.15, 0.2) is 36.4 Å². The summed E-state index contributed by atoms with van der Waals surface area (Å²) in [6, 6.07) is 6.00. The molecule has 1 aromatic rings. The van der Waals surface area contributed by atoms with Crippen LogP contribution in [0.3, 0.4) is 0 Å². The summed E-state index contributed by atoms with van der Waals surface area (Å²) in [5.74, 6) is -0.772. The standard InChI is InChI=1S/C18H20N2O5/c1-18(2,3)20(17(23)24)25-14-10-6-9-13(14)19-15(21)11-7-4-5-8-12(11)16(19)22/h4-9,13-14H,10H2,1-3H3,(H,23,24)/t13-,14+/m1/s1. The van der Waals surface area contributed by atoms with Crippen molar-refractivity contribution >= 4 is 17.9 Å². The highest BCUT2D eigenvalue weighted by molar-refractivity contribution is 6.21. The quantitative estimate of drug-likeness (QED) is 0.517. The van der Waals surface area contributed by atoms with Crippen LogP contribution in [0, 0.1) is 0 Å². The van der Waals surface area contributed by atoms with E-state index in [-0.39, 0.29) is 11.8 Å². The van der Waals surface area contributed by atoms with Gasteiger partial charge in [0.1, 0.15) is 6.10 Å². The molecule has 1 aromatic carbocycles. The summed E-state index contributed by atoms with van der Waals surface area (Å²) in [5.41, 5.74) is -0.0593. The molecule has 2 atom stereocenters. The van der Waals surface area contributed by atoms with Gasteiger partial charge >= 0.3 is 6.09 Å². The number of hydroxylamine groups is 2. The van der Waals surface area contributed by atoms with Crippen LogP contribution in [0.25, 0.3) is 0 Å². The molecule has 7 nitrogen and oxygen atoms in total. The Labute approximate surface area is 145 Å². The molecule has 0 bridgehead atoms. The number of nitrogens with zero attached hydrogens (tertiary/aromatic N) is 2. The number of carboxylic acid groups (broad SMARTS) is 1. The Morgan fingerprint density at radius 3 is 2.24 bits per heavy atom. The minimum absolute atomic E-state index is 0.359. The van der Waals surface area contributed by atoms with Gasteiger partial charge in [0.15, 0.2) is 0 Å². The molecule has 25 heavy (non-hydrogen) atoms. The van der Waals surface area contributed by atoms with Crippen molar-refractivity contribution in [2.24, 2.45) is 0 Å². The highest BCUT2D eigenvalue weighted by Gasteiger charge is 2.45. The average molecular weight is 344 g/mol. The molecular weight excluding hydrogens is 324 g/mol. The second kappa shape index (κ2) is 6.00. The van der Waals surface area contributed by atoms with Crippen molar-refractivity contribution in [3.05, 3.63) is 47.5 Å². The van der Waals surface area contributed by atoms with Crippen molar-refractivity contribution < 1.29 is 24.3 Å². The summed E-state index contributed by atoms with van der Waals surface area (Å²) in [7, 11) is 0. The van der Waals surface area contributed by atoms with Gasteiger partial charge in [0.25, 0.3) is 11.8 Å². The van der Waals surface area contributed by atoms with Crippen molar-refractivity contribution in [1.82, 2.24) is 9.96 Å². The summed E-state index contributed by atoms with van der Waals surface area (Å²) in [6.07, 6.45) is 2.06. The van der Waals surface area contributed by atoms with Crippen LogP contribution in [0.4, 0.5) is 4.79 Å². The van der Waals surface area contributed by atoms with Gasteiger partial charge in [-0.15, -0.1) is 0 Å². The Bertz CT molecular complexity index is 730. The molecule has 7 heteroatoms. The highest BCUT2D eigenvalue weighted by Crippen LogP contribution is 2.31. The Hall–Kier alpha value is -2.67. The van der Waals surface area contributed by atoms with E-state index in [0.29, 0.717) is 17.5 Å². The van der Waals surface area contributed by atoms with E-state index in [4.69, 9.17) is 4.84 Å². The second-order valence-electron chi connectivity index (χ2n) is 7.07. The normalized spacial score (nSPS) is 22.4. The molecule has 1 heterocycles. The third-order valence-corrected chi connectivity index (χ3v) is 4.23. The van der Waals surface area contributed by atoms with Gasteiger partial charge in [-0.2, -0.15) is 5.06 Å². The Balaban J connectivity index is 1.86. The number of amides is 3. The van der Waals surface area contributed by atoms with E-state index < -0.39 is 23.8 Å².